The zero-order valence-electron chi connectivity index (χ0n) is 15.3. The van der Waals surface area contributed by atoms with E-state index in [2.05, 4.69) is 26.5 Å². The topological polar surface area (TPSA) is 59.9 Å². The number of ether oxygens (including phenoxy) is 2. The fourth-order valence-electron chi connectivity index (χ4n) is 2.37. The Morgan fingerprint density at radius 3 is 2.41 bits per heavy atom. The summed E-state index contributed by atoms with van der Waals surface area (Å²) in [5, 5.41) is 4.42. The molecule has 0 bridgehead atoms. The molecule has 0 saturated heterocycles. The van der Waals surface area contributed by atoms with Gasteiger partial charge in [0.25, 0.3) is 5.91 Å². The van der Waals surface area contributed by atoms with Crippen LogP contribution in [0.25, 0.3) is 0 Å². The summed E-state index contributed by atoms with van der Waals surface area (Å²) >= 11 is 9.40. The van der Waals surface area contributed by atoms with Crippen LogP contribution in [0.3, 0.4) is 0 Å². The molecule has 0 radical (unpaired) electrons. The van der Waals surface area contributed by atoms with Gasteiger partial charge in [0.1, 0.15) is 18.1 Å². The van der Waals surface area contributed by atoms with Crippen molar-refractivity contribution in [2.75, 3.05) is 6.61 Å². The van der Waals surface area contributed by atoms with Crippen molar-refractivity contribution in [2.45, 2.75) is 6.61 Å². The Morgan fingerprint density at radius 1 is 0.966 bits per heavy atom. The molecule has 0 unspecified atom stereocenters. The Morgan fingerprint density at radius 2 is 1.66 bits per heavy atom. The van der Waals surface area contributed by atoms with Crippen LogP contribution in [0, 0.1) is 0 Å². The number of para-hydroxylation sites is 2. The van der Waals surface area contributed by atoms with Crippen LogP contribution in [0.2, 0.25) is 5.02 Å². The Bertz CT molecular complexity index is 993. The van der Waals surface area contributed by atoms with E-state index in [4.69, 9.17) is 21.1 Å². The molecule has 29 heavy (non-hydrogen) atoms. The third kappa shape index (κ3) is 6.62. The highest BCUT2D eigenvalue weighted by Crippen LogP contribution is 2.23. The molecule has 0 aliphatic rings. The molecule has 0 saturated carbocycles. The fraction of sp³-hybridized carbons (Fsp3) is 0.0909. The lowest BCUT2D eigenvalue weighted by Gasteiger charge is -2.09. The minimum atomic E-state index is -0.394. The number of hydrogen-bond donors (Lipinski definition) is 1. The highest BCUT2D eigenvalue weighted by molar-refractivity contribution is 9.10. The summed E-state index contributed by atoms with van der Waals surface area (Å²) in [5.74, 6) is 0.718. The van der Waals surface area contributed by atoms with E-state index in [1.807, 2.05) is 48.5 Å². The summed E-state index contributed by atoms with van der Waals surface area (Å²) in [7, 11) is 0. The molecule has 5 nitrogen and oxygen atoms in total. The molecule has 1 N–H and O–H groups in total. The molecule has 3 aromatic carbocycles. The third-order valence-electron chi connectivity index (χ3n) is 3.81. The second-order valence-corrected chi connectivity index (χ2v) is 7.29. The number of amides is 1. The zero-order valence-corrected chi connectivity index (χ0v) is 17.7. The Kier molecular flexibility index (Phi) is 7.67. The van der Waals surface area contributed by atoms with Crippen LogP contribution in [0.1, 0.15) is 11.1 Å². The number of carbonyl (C=O) groups is 1. The largest absolute Gasteiger partial charge is 0.488 e. The van der Waals surface area contributed by atoms with Crippen LogP contribution in [0.15, 0.2) is 82.4 Å². The average molecular weight is 474 g/mol. The molecule has 0 aromatic heterocycles. The van der Waals surface area contributed by atoms with E-state index in [9.17, 15) is 4.79 Å². The summed E-state index contributed by atoms with van der Waals surface area (Å²) in [6, 6.07) is 22.3. The first kappa shape index (κ1) is 20.9. The first-order chi connectivity index (χ1) is 14.1. The maximum Gasteiger partial charge on any atom is 0.277 e. The number of nitrogens with zero attached hydrogens (tertiary/aromatic N) is 1. The normalized spacial score (nSPS) is 10.7. The fourth-order valence-corrected chi connectivity index (χ4v) is 2.83. The molecule has 3 rings (SSSR count). The molecule has 7 heteroatoms. The number of benzene rings is 3. The van der Waals surface area contributed by atoms with E-state index in [1.54, 1.807) is 24.3 Å². The Balaban J connectivity index is 1.53. The summed E-state index contributed by atoms with van der Waals surface area (Å²) in [4.78, 5) is 11.9. The molecule has 1 amide bonds. The summed E-state index contributed by atoms with van der Waals surface area (Å²) < 4.78 is 12.3. The third-order valence-corrected chi connectivity index (χ3v) is 4.66. The summed E-state index contributed by atoms with van der Waals surface area (Å²) in [6.45, 7) is 0.235. The number of rotatable bonds is 8. The van der Waals surface area contributed by atoms with Gasteiger partial charge in [-0.1, -0.05) is 63.9 Å². The van der Waals surface area contributed by atoms with Crippen molar-refractivity contribution in [1.29, 1.82) is 0 Å². The van der Waals surface area contributed by atoms with Crippen LogP contribution >= 0.6 is 27.5 Å². The number of hydrogen-bond acceptors (Lipinski definition) is 4. The summed E-state index contributed by atoms with van der Waals surface area (Å²) in [6.07, 6.45) is 1.53. The quantitative estimate of drug-likeness (QED) is 0.361. The first-order valence-electron chi connectivity index (χ1n) is 8.77. The highest BCUT2D eigenvalue weighted by atomic mass is 79.9. The van der Waals surface area contributed by atoms with Gasteiger partial charge >= 0.3 is 0 Å². The van der Waals surface area contributed by atoms with Crippen LogP contribution in [-0.4, -0.2) is 18.7 Å². The van der Waals surface area contributed by atoms with Gasteiger partial charge in [0.05, 0.1) is 11.2 Å². The second kappa shape index (κ2) is 10.6. The lowest BCUT2D eigenvalue weighted by molar-refractivity contribution is -0.123. The number of hydrazone groups is 1. The van der Waals surface area contributed by atoms with Crippen molar-refractivity contribution >= 4 is 39.7 Å². The van der Waals surface area contributed by atoms with Gasteiger partial charge in [0.15, 0.2) is 6.61 Å². The van der Waals surface area contributed by atoms with E-state index in [-0.39, 0.29) is 6.61 Å². The standard InChI is InChI=1S/C22H18BrClN2O3/c23-18-11-9-16(10-12-18)14-28-20-7-3-1-5-17(20)13-25-26-22(27)15-29-21-8-4-2-6-19(21)24/h1-13H,14-15H2,(H,26,27)/b25-13+. The van der Waals surface area contributed by atoms with Gasteiger partial charge in [-0.05, 0) is 42.0 Å². The number of carbonyl (C=O) groups excluding carboxylic acids is 1. The zero-order chi connectivity index (χ0) is 20.5. The molecule has 0 fully saturated rings. The minimum absolute atomic E-state index is 0.192. The molecule has 3 aromatic rings. The van der Waals surface area contributed by atoms with Crippen LogP contribution in [0.5, 0.6) is 11.5 Å². The van der Waals surface area contributed by atoms with Gasteiger partial charge in [-0.15, -0.1) is 0 Å². The Hall–Kier alpha value is -2.83. The van der Waals surface area contributed by atoms with Gasteiger partial charge in [-0.3, -0.25) is 4.79 Å². The predicted molar refractivity (Wildman–Crippen MR) is 118 cm³/mol. The monoisotopic (exact) mass is 472 g/mol. The number of halogens is 2. The van der Waals surface area contributed by atoms with Crippen molar-refractivity contribution in [3.8, 4) is 11.5 Å². The van der Waals surface area contributed by atoms with Crippen molar-refractivity contribution in [1.82, 2.24) is 5.43 Å². The second-order valence-electron chi connectivity index (χ2n) is 5.97. The van der Waals surface area contributed by atoms with Crippen molar-refractivity contribution in [3.05, 3.63) is 93.4 Å². The summed E-state index contributed by atoms with van der Waals surface area (Å²) in [5.41, 5.74) is 4.22. The van der Waals surface area contributed by atoms with Gasteiger partial charge in [-0.25, -0.2) is 5.43 Å². The highest BCUT2D eigenvalue weighted by Gasteiger charge is 2.05. The molecule has 0 spiro atoms. The maximum atomic E-state index is 11.9. The van der Waals surface area contributed by atoms with E-state index in [0.29, 0.717) is 23.1 Å². The van der Waals surface area contributed by atoms with Gasteiger partial charge in [-0.2, -0.15) is 5.10 Å². The van der Waals surface area contributed by atoms with Crippen LogP contribution in [0.4, 0.5) is 0 Å². The Labute approximate surface area is 182 Å². The lowest BCUT2D eigenvalue weighted by atomic mass is 10.2. The van der Waals surface area contributed by atoms with Crippen molar-refractivity contribution in [2.24, 2.45) is 5.10 Å². The van der Waals surface area contributed by atoms with E-state index < -0.39 is 5.91 Å². The lowest BCUT2D eigenvalue weighted by Crippen LogP contribution is -2.24. The average Bonchev–Trinajstić information content (AvgIpc) is 2.73. The SMILES string of the molecule is O=C(COc1ccccc1Cl)N/N=C/c1ccccc1OCc1ccc(Br)cc1. The van der Waals surface area contributed by atoms with E-state index in [0.717, 1.165) is 15.6 Å². The molecule has 148 valence electrons. The van der Waals surface area contributed by atoms with Gasteiger partial charge in [0.2, 0.25) is 0 Å². The van der Waals surface area contributed by atoms with Gasteiger partial charge in [0, 0.05) is 10.0 Å². The molecular weight excluding hydrogens is 456 g/mol. The van der Waals surface area contributed by atoms with Crippen LogP contribution in [-0.2, 0) is 11.4 Å². The van der Waals surface area contributed by atoms with Crippen molar-refractivity contribution in [3.63, 3.8) is 0 Å². The predicted octanol–water partition coefficient (Wildman–Crippen LogP) is 5.21. The van der Waals surface area contributed by atoms with Gasteiger partial charge < -0.3 is 9.47 Å². The number of nitrogens with one attached hydrogen (secondary N) is 1. The molecular formula is C22H18BrClN2O3. The van der Waals surface area contributed by atoms with Crippen molar-refractivity contribution < 1.29 is 14.3 Å². The molecule has 0 heterocycles. The molecule has 0 aliphatic carbocycles. The smallest absolute Gasteiger partial charge is 0.277 e. The minimum Gasteiger partial charge on any atom is -0.488 e. The molecule has 0 atom stereocenters. The molecule has 0 aliphatic heterocycles. The maximum absolute atomic E-state index is 11.9. The first-order valence-corrected chi connectivity index (χ1v) is 9.94. The van der Waals surface area contributed by atoms with E-state index >= 15 is 0 Å². The van der Waals surface area contributed by atoms with Crippen LogP contribution < -0.4 is 14.9 Å². The van der Waals surface area contributed by atoms with E-state index in [1.165, 1.54) is 6.21 Å².